The molecule has 0 radical (unpaired) electrons. The number of aromatic nitrogens is 2. The standard InChI is InChI=1S/C18H34N6/c1-18(2,24-11-6-5-7-12-24)15-21-17(19-3)20-10-8-9-16-13-22-23(4)14-16/h13-14H,5-12,15H2,1-4H3,(H2,19,20,21). The molecule has 1 aliphatic rings. The fraction of sp³-hybridized carbons (Fsp3) is 0.778. The van der Waals surface area contributed by atoms with Crippen molar-refractivity contribution in [1.29, 1.82) is 0 Å². The van der Waals surface area contributed by atoms with E-state index in [0.717, 1.165) is 31.9 Å². The summed E-state index contributed by atoms with van der Waals surface area (Å²) in [6, 6.07) is 0. The van der Waals surface area contributed by atoms with E-state index in [-0.39, 0.29) is 5.54 Å². The molecule has 1 aliphatic heterocycles. The van der Waals surface area contributed by atoms with Crippen LogP contribution < -0.4 is 10.6 Å². The van der Waals surface area contributed by atoms with Crippen LogP contribution in [0.15, 0.2) is 17.4 Å². The first-order valence-corrected chi connectivity index (χ1v) is 9.18. The molecule has 1 fully saturated rings. The van der Waals surface area contributed by atoms with Gasteiger partial charge in [-0.05, 0) is 58.2 Å². The number of rotatable bonds is 7. The molecule has 0 bridgehead atoms. The molecule has 0 amide bonds. The molecule has 0 unspecified atom stereocenters. The molecule has 1 aromatic heterocycles. The van der Waals surface area contributed by atoms with E-state index in [1.54, 1.807) is 0 Å². The minimum atomic E-state index is 0.160. The maximum atomic E-state index is 4.34. The molecule has 0 aromatic carbocycles. The Balaban J connectivity index is 1.67. The number of aliphatic imine (C=N–C) groups is 1. The highest BCUT2D eigenvalue weighted by Gasteiger charge is 2.27. The molecule has 0 atom stereocenters. The second-order valence-electron chi connectivity index (χ2n) is 7.34. The second-order valence-corrected chi connectivity index (χ2v) is 7.34. The average molecular weight is 335 g/mol. The van der Waals surface area contributed by atoms with Crippen molar-refractivity contribution < 1.29 is 0 Å². The van der Waals surface area contributed by atoms with Gasteiger partial charge in [-0.25, -0.2) is 0 Å². The van der Waals surface area contributed by atoms with E-state index in [4.69, 9.17) is 0 Å². The van der Waals surface area contributed by atoms with Crippen LogP contribution in [0.5, 0.6) is 0 Å². The van der Waals surface area contributed by atoms with Crippen LogP contribution in [0.4, 0.5) is 0 Å². The lowest BCUT2D eigenvalue weighted by Crippen LogP contribution is -2.54. The summed E-state index contributed by atoms with van der Waals surface area (Å²) in [4.78, 5) is 6.94. The molecule has 6 nitrogen and oxygen atoms in total. The third-order valence-corrected chi connectivity index (χ3v) is 4.82. The maximum absolute atomic E-state index is 4.34. The summed E-state index contributed by atoms with van der Waals surface area (Å²) in [5.41, 5.74) is 1.45. The van der Waals surface area contributed by atoms with Crippen molar-refractivity contribution in [2.45, 2.75) is 51.5 Å². The van der Waals surface area contributed by atoms with Crippen molar-refractivity contribution in [3.63, 3.8) is 0 Å². The predicted octanol–water partition coefficient (Wildman–Crippen LogP) is 1.78. The zero-order valence-electron chi connectivity index (χ0n) is 15.8. The normalized spacial score (nSPS) is 17.1. The first kappa shape index (κ1) is 18.8. The van der Waals surface area contributed by atoms with Crippen LogP contribution in [-0.4, -0.2) is 59.4 Å². The van der Waals surface area contributed by atoms with Crippen LogP contribution in [-0.2, 0) is 13.5 Å². The van der Waals surface area contributed by atoms with Crippen LogP contribution in [0.3, 0.4) is 0 Å². The Morgan fingerprint density at radius 3 is 2.62 bits per heavy atom. The summed E-state index contributed by atoms with van der Waals surface area (Å²) in [5.74, 6) is 0.895. The van der Waals surface area contributed by atoms with Gasteiger partial charge in [-0.1, -0.05) is 6.42 Å². The van der Waals surface area contributed by atoms with E-state index in [1.165, 1.54) is 37.9 Å². The van der Waals surface area contributed by atoms with Gasteiger partial charge < -0.3 is 10.6 Å². The highest BCUT2D eigenvalue weighted by molar-refractivity contribution is 5.79. The van der Waals surface area contributed by atoms with Gasteiger partial charge in [0.1, 0.15) is 0 Å². The van der Waals surface area contributed by atoms with Gasteiger partial charge in [0.25, 0.3) is 0 Å². The number of hydrogen-bond acceptors (Lipinski definition) is 3. The lowest BCUT2D eigenvalue weighted by atomic mass is 9.98. The van der Waals surface area contributed by atoms with Crippen molar-refractivity contribution in [2.24, 2.45) is 12.0 Å². The lowest BCUT2D eigenvalue weighted by Gasteiger charge is -2.41. The fourth-order valence-electron chi connectivity index (χ4n) is 3.23. The van der Waals surface area contributed by atoms with Crippen molar-refractivity contribution in [1.82, 2.24) is 25.3 Å². The molecule has 2 N–H and O–H groups in total. The maximum Gasteiger partial charge on any atom is 0.191 e. The van der Waals surface area contributed by atoms with Crippen molar-refractivity contribution in [2.75, 3.05) is 33.2 Å². The number of likely N-dealkylation sites (tertiary alicyclic amines) is 1. The topological polar surface area (TPSA) is 57.5 Å². The van der Waals surface area contributed by atoms with Crippen LogP contribution in [0.2, 0.25) is 0 Å². The minimum absolute atomic E-state index is 0.160. The molecule has 2 rings (SSSR count). The molecule has 24 heavy (non-hydrogen) atoms. The molecule has 136 valence electrons. The summed E-state index contributed by atoms with van der Waals surface area (Å²) < 4.78 is 1.85. The minimum Gasteiger partial charge on any atom is -0.356 e. The van der Waals surface area contributed by atoms with Gasteiger partial charge >= 0.3 is 0 Å². The Hall–Kier alpha value is -1.56. The van der Waals surface area contributed by atoms with Crippen molar-refractivity contribution in [3.05, 3.63) is 18.0 Å². The Morgan fingerprint density at radius 1 is 1.25 bits per heavy atom. The van der Waals surface area contributed by atoms with Crippen molar-refractivity contribution >= 4 is 5.96 Å². The van der Waals surface area contributed by atoms with Crippen LogP contribution in [0.1, 0.15) is 45.1 Å². The molecule has 2 heterocycles. The molecule has 1 aromatic rings. The summed E-state index contributed by atoms with van der Waals surface area (Å²) in [6.45, 7) is 8.90. The molecule has 6 heteroatoms. The quantitative estimate of drug-likeness (QED) is 0.453. The third kappa shape index (κ3) is 5.82. The number of hydrogen-bond donors (Lipinski definition) is 2. The lowest BCUT2D eigenvalue weighted by molar-refractivity contribution is 0.0982. The first-order valence-electron chi connectivity index (χ1n) is 9.18. The van der Waals surface area contributed by atoms with Gasteiger partial charge in [-0.2, -0.15) is 5.10 Å². The molecule has 0 aliphatic carbocycles. The van der Waals surface area contributed by atoms with E-state index in [9.17, 15) is 0 Å². The van der Waals surface area contributed by atoms with Gasteiger partial charge in [0.15, 0.2) is 5.96 Å². The van der Waals surface area contributed by atoms with E-state index in [1.807, 2.05) is 25.0 Å². The number of aryl methyl sites for hydroxylation is 2. The molecule has 1 saturated heterocycles. The number of nitrogens with zero attached hydrogens (tertiary/aromatic N) is 4. The Bertz CT molecular complexity index is 513. The van der Waals surface area contributed by atoms with E-state index in [0.29, 0.717) is 0 Å². The number of nitrogens with one attached hydrogen (secondary N) is 2. The highest BCUT2D eigenvalue weighted by Crippen LogP contribution is 2.19. The average Bonchev–Trinajstić information content (AvgIpc) is 3.00. The van der Waals surface area contributed by atoms with Gasteiger partial charge in [-0.15, -0.1) is 0 Å². The Kier molecular flexibility index (Phi) is 7.09. The largest absolute Gasteiger partial charge is 0.356 e. The van der Waals surface area contributed by atoms with Gasteiger partial charge in [0.2, 0.25) is 0 Å². The summed E-state index contributed by atoms with van der Waals surface area (Å²) in [7, 11) is 3.79. The van der Waals surface area contributed by atoms with Gasteiger partial charge in [0.05, 0.1) is 6.20 Å². The smallest absolute Gasteiger partial charge is 0.191 e. The summed E-state index contributed by atoms with van der Waals surface area (Å²) in [5, 5.41) is 11.1. The third-order valence-electron chi connectivity index (χ3n) is 4.82. The van der Waals surface area contributed by atoms with E-state index >= 15 is 0 Å². The SMILES string of the molecule is CN=C(NCCCc1cnn(C)c1)NCC(C)(C)N1CCCCC1. The van der Waals surface area contributed by atoms with Crippen molar-refractivity contribution in [3.8, 4) is 0 Å². The van der Waals surface area contributed by atoms with Crippen LogP contribution in [0, 0.1) is 0 Å². The molecule has 0 saturated carbocycles. The highest BCUT2D eigenvalue weighted by atomic mass is 15.2. The zero-order valence-corrected chi connectivity index (χ0v) is 15.8. The zero-order chi connectivity index (χ0) is 17.4. The fourth-order valence-corrected chi connectivity index (χ4v) is 3.23. The number of guanidine groups is 1. The Morgan fingerprint density at radius 2 is 2.00 bits per heavy atom. The monoisotopic (exact) mass is 334 g/mol. The van der Waals surface area contributed by atoms with Gasteiger partial charge in [-0.3, -0.25) is 14.6 Å². The van der Waals surface area contributed by atoms with Crippen LogP contribution in [0.25, 0.3) is 0 Å². The van der Waals surface area contributed by atoms with Crippen LogP contribution >= 0.6 is 0 Å². The van der Waals surface area contributed by atoms with Gasteiger partial charge in [0, 0.05) is 38.9 Å². The molecule has 0 spiro atoms. The summed E-state index contributed by atoms with van der Waals surface area (Å²) in [6.07, 6.45) is 10.1. The summed E-state index contributed by atoms with van der Waals surface area (Å²) >= 11 is 0. The molecular formula is C18H34N6. The van der Waals surface area contributed by atoms with E-state index < -0.39 is 0 Å². The molecular weight excluding hydrogens is 300 g/mol. The first-order chi connectivity index (χ1) is 11.5. The predicted molar refractivity (Wildman–Crippen MR) is 100 cm³/mol. The van der Waals surface area contributed by atoms with E-state index in [2.05, 4.69) is 45.7 Å². The number of piperidine rings is 1. The second kappa shape index (κ2) is 9.06. The Labute approximate surface area is 146 Å².